The second-order valence-electron chi connectivity index (χ2n) is 3.73. The lowest BCUT2D eigenvalue weighted by Gasteiger charge is -2.16. The van der Waals surface area contributed by atoms with Crippen LogP contribution in [-0.4, -0.2) is 32.5 Å². The van der Waals surface area contributed by atoms with E-state index in [0.717, 1.165) is 6.07 Å². The molecule has 0 aliphatic heterocycles. The van der Waals surface area contributed by atoms with Crippen molar-refractivity contribution in [3.8, 4) is 0 Å². The summed E-state index contributed by atoms with van der Waals surface area (Å²) in [6.07, 6.45) is 0. The van der Waals surface area contributed by atoms with Crippen molar-refractivity contribution in [1.82, 2.24) is 0 Å². The molecule has 1 rings (SSSR count). The number of hydrogen-bond acceptors (Lipinski definition) is 4. The zero-order valence-electron chi connectivity index (χ0n) is 10.3. The summed E-state index contributed by atoms with van der Waals surface area (Å²) in [7, 11) is 3.10. The Morgan fingerprint density at radius 3 is 2.28 bits per heavy atom. The molecule has 0 radical (unpaired) electrons. The fourth-order valence-electron chi connectivity index (χ4n) is 1.39. The van der Waals surface area contributed by atoms with E-state index in [4.69, 9.17) is 0 Å². The second-order valence-corrected chi connectivity index (χ2v) is 3.73. The summed E-state index contributed by atoms with van der Waals surface area (Å²) in [6, 6.07) is 1.56. The maximum absolute atomic E-state index is 13.1. The number of Topliss-reactive ketones (excluding diaryl/α,β-unsaturated/α-hetero) is 1. The molecule has 0 amide bonds. The molecular formula is C12H13F2NO3. The number of anilines is 1. The molecule has 0 N–H and O–H groups in total. The molecule has 0 aliphatic rings. The Kier molecular flexibility index (Phi) is 4.36. The molecule has 0 atom stereocenters. The minimum absolute atomic E-state index is 0.0333. The van der Waals surface area contributed by atoms with Gasteiger partial charge in [0.2, 0.25) is 0 Å². The summed E-state index contributed by atoms with van der Waals surface area (Å²) in [5.74, 6) is -4.36. The highest BCUT2D eigenvalue weighted by molar-refractivity contribution is 6.41. The molecule has 6 heteroatoms. The molecule has 0 bridgehead atoms. The first-order valence-corrected chi connectivity index (χ1v) is 5.26. The van der Waals surface area contributed by atoms with Crippen LogP contribution in [0.1, 0.15) is 17.3 Å². The number of carbonyl (C=O) groups is 2. The number of halogens is 2. The lowest BCUT2D eigenvalue weighted by atomic mass is 10.1. The quantitative estimate of drug-likeness (QED) is 0.468. The van der Waals surface area contributed by atoms with Crippen molar-refractivity contribution in [3.05, 3.63) is 29.3 Å². The minimum atomic E-state index is -1.19. The standard InChI is InChI=1S/C12H13F2NO3/c1-4-18-12(17)11(16)7-5-8(13)9(14)6-10(7)15(2)3/h5-6H,4H2,1-3H3. The molecule has 1 aromatic rings. The van der Waals surface area contributed by atoms with Crippen LogP contribution >= 0.6 is 0 Å². The fraction of sp³-hybridized carbons (Fsp3) is 0.333. The smallest absolute Gasteiger partial charge is 0.379 e. The highest BCUT2D eigenvalue weighted by atomic mass is 19.2. The number of rotatable bonds is 4. The predicted molar refractivity (Wildman–Crippen MR) is 61.6 cm³/mol. The van der Waals surface area contributed by atoms with Gasteiger partial charge in [0.15, 0.2) is 11.6 Å². The fourth-order valence-corrected chi connectivity index (χ4v) is 1.39. The number of ether oxygens (including phenoxy) is 1. The minimum Gasteiger partial charge on any atom is -0.460 e. The van der Waals surface area contributed by atoms with E-state index in [2.05, 4.69) is 4.74 Å². The van der Waals surface area contributed by atoms with Crippen LogP contribution in [0.5, 0.6) is 0 Å². The highest BCUT2D eigenvalue weighted by Gasteiger charge is 2.24. The van der Waals surface area contributed by atoms with E-state index in [-0.39, 0.29) is 17.9 Å². The number of ketones is 1. The van der Waals surface area contributed by atoms with Crippen molar-refractivity contribution in [2.45, 2.75) is 6.92 Å². The van der Waals surface area contributed by atoms with Gasteiger partial charge in [-0.05, 0) is 13.0 Å². The molecule has 0 spiro atoms. The van der Waals surface area contributed by atoms with Crippen molar-refractivity contribution in [3.63, 3.8) is 0 Å². The Morgan fingerprint density at radius 1 is 1.22 bits per heavy atom. The number of hydrogen-bond donors (Lipinski definition) is 0. The summed E-state index contributed by atoms with van der Waals surface area (Å²) in [4.78, 5) is 24.5. The third-order valence-corrected chi connectivity index (χ3v) is 2.23. The van der Waals surface area contributed by atoms with Gasteiger partial charge in [-0.3, -0.25) is 4.79 Å². The van der Waals surface area contributed by atoms with Gasteiger partial charge < -0.3 is 9.64 Å². The van der Waals surface area contributed by atoms with E-state index in [1.807, 2.05) is 0 Å². The number of nitrogens with zero attached hydrogens (tertiary/aromatic N) is 1. The van der Waals surface area contributed by atoms with Gasteiger partial charge in [-0.15, -0.1) is 0 Å². The summed E-state index contributed by atoms with van der Waals surface area (Å²) >= 11 is 0. The first kappa shape index (κ1) is 14.1. The Hall–Kier alpha value is -1.98. The molecule has 0 unspecified atom stereocenters. The molecule has 0 saturated carbocycles. The lowest BCUT2D eigenvalue weighted by molar-refractivity contribution is -0.137. The van der Waals surface area contributed by atoms with Crippen molar-refractivity contribution in [2.24, 2.45) is 0 Å². The summed E-state index contributed by atoms with van der Waals surface area (Å²) < 4.78 is 30.8. The number of benzene rings is 1. The SMILES string of the molecule is CCOC(=O)C(=O)c1cc(F)c(F)cc1N(C)C. The molecule has 1 aromatic carbocycles. The van der Waals surface area contributed by atoms with Gasteiger partial charge in [-0.25, -0.2) is 13.6 Å². The second kappa shape index (κ2) is 5.57. The van der Waals surface area contributed by atoms with Crippen LogP contribution in [0.2, 0.25) is 0 Å². The normalized spacial score (nSPS) is 10.1. The van der Waals surface area contributed by atoms with Crippen molar-refractivity contribution in [1.29, 1.82) is 0 Å². The van der Waals surface area contributed by atoms with Crippen LogP contribution in [0.3, 0.4) is 0 Å². The molecule has 18 heavy (non-hydrogen) atoms. The molecule has 0 heterocycles. The average molecular weight is 257 g/mol. The van der Waals surface area contributed by atoms with Crippen LogP contribution in [0.4, 0.5) is 14.5 Å². The first-order chi connectivity index (χ1) is 8.38. The van der Waals surface area contributed by atoms with E-state index in [0.29, 0.717) is 6.07 Å². The van der Waals surface area contributed by atoms with E-state index < -0.39 is 23.4 Å². The van der Waals surface area contributed by atoms with E-state index in [1.165, 1.54) is 4.90 Å². The van der Waals surface area contributed by atoms with Gasteiger partial charge in [0.25, 0.3) is 5.78 Å². The monoisotopic (exact) mass is 257 g/mol. The van der Waals surface area contributed by atoms with Crippen LogP contribution < -0.4 is 4.90 Å². The largest absolute Gasteiger partial charge is 0.460 e. The zero-order chi connectivity index (χ0) is 13.9. The summed E-state index contributed by atoms with van der Waals surface area (Å²) in [5.41, 5.74) is -0.107. The number of carbonyl (C=O) groups excluding carboxylic acids is 2. The van der Waals surface area contributed by atoms with E-state index in [1.54, 1.807) is 21.0 Å². The number of esters is 1. The molecule has 0 fully saturated rings. The maximum atomic E-state index is 13.1. The third-order valence-electron chi connectivity index (χ3n) is 2.23. The highest BCUT2D eigenvalue weighted by Crippen LogP contribution is 2.23. The van der Waals surface area contributed by atoms with Crippen molar-refractivity contribution < 1.29 is 23.1 Å². The van der Waals surface area contributed by atoms with Gasteiger partial charge in [-0.2, -0.15) is 0 Å². The van der Waals surface area contributed by atoms with Gasteiger partial charge in [0.05, 0.1) is 17.9 Å². The van der Waals surface area contributed by atoms with Crippen LogP contribution in [0.25, 0.3) is 0 Å². The van der Waals surface area contributed by atoms with Crippen LogP contribution in [-0.2, 0) is 9.53 Å². The van der Waals surface area contributed by atoms with Gasteiger partial charge >= 0.3 is 5.97 Å². The molecule has 98 valence electrons. The van der Waals surface area contributed by atoms with Crippen LogP contribution in [0, 0.1) is 11.6 Å². The van der Waals surface area contributed by atoms with E-state index in [9.17, 15) is 18.4 Å². The first-order valence-electron chi connectivity index (χ1n) is 5.26. The average Bonchev–Trinajstić information content (AvgIpc) is 2.31. The predicted octanol–water partition coefficient (Wildman–Crippen LogP) is 1.78. The zero-order valence-corrected chi connectivity index (χ0v) is 10.3. The van der Waals surface area contributed by atoms with Gasteiger partial charge in [0.1, 0.15) is 0 Å². The molecule has 4 nitrogen and oxygen atoms in total. The maximum Gasteiger partial charge on any atom is 0.379 e. The Morgan fingerprint density at radius 2 is 1.78 bits per heavy atom. The molecule has 0 saturated heterocycles. The van der Waals surface area contributed by atoms with Crippen LogP contribution in [0.15, 0.2) is 12.1 Å². The molecule has 0 aliphatic carbocycles. The summed E-state index contributed by atoms with van der Waals surface area (Å²) in [5, 5.41) is 0. The molecular weight excluding hydrogens is 244 g/mol. The third kappa shape index (κ3) is 2.82. The Balaban J connectivity index is 3.26. The summed E-state index contributed by atoms with van der Waals surface area (Å²) in [6.45, 7) is 1.58. The van der Waals surface area contributed by atoms with E-state index >= 15 is 0 Å². The lowest BCUT2D eigenvalue weighted by Crippen LogP contribution is -2.22. The van der Waals surface area contributed by atoms with Gasteiger partial charge in [0, 0.05) is 20.2 Å². The van der Waals surface area contributed by atoms with Crippen molar-refractivity contribution >= 4 is 17.4 Å². The Bertz CT molecular complexity index is 486. The van der Waals surface area contributed by atoms with Crippen molar-refractivity contribution in [2.75, 3.05) is 25.6 Å². The van der Waals surface area contributed by atoms with Gasteiger partial charge in [-0.1, -0.05) is 0 Å². The topological polar surface area (TPSA) is 46.6 Å². The molecule has 0 aromatic heterocycles. The Labute approximate surface area is 103 Å².